The van der Waals surface area contributed by atoms with Crippen LogP contribution in [0, 0.1) is 13.8 Å². The van der Waals surface area contributed by atoms with Gasteiger partial charge in [-0.05, 0) is 68.3 Å². The van der Waals surface area contributed by atoms with Crippen molar-refractivity contribution in [1.29, 1.82) is 0 Å². The Morgan fingerprint density at radius 3 is 2.37 bits per heavy atom. The maximum absolute atomic E-state index is 12.1. The number of carbonyl (C=O) groups is 2. The van der Waals surface area contributed by atoms with Crippen LogP contribution in [-0.4, -0.2) is 56.0 Å². The van der Waals surface area contributed by atoms with E-state index in [1.54, 1.807) is 6.07 Å². The summed E-state index contributed by atoms with van der Waals surface area (Å²) in [5, 5.41) is 6.16. The molecule has 0 aromatic heterocycles. The number of halogens is 1. The summed E-state index contributed by atoms with van der Waals surface area (Å²) in [6.07, 6.45) is 0.809. The van der Waals surface area contributed by atoms with E-state index in [0.29, 0.717) is 12.2 Å². The number of hydrogen-bond acceptors (Lipinski definition) is 4. The highest BCUT2D eigenvalue weighted by atomic mass is 35.5. The molecule has 0 aliphatic carbocycles. The molecule has 30 heavy (non-hydrogen) atoms. The zero-order chi connectivity index (χ0) is 21.5. The van der Waals surface area contributed by atoms with Crippen LogP contribution in [0.15, 0.2) is 42.5 Å². The van der Waals surface area contributed by atoms with Gasteiger partial charge in [0.25, 0.3) is 0 Å². The Bertz CT molecular complexity index is 877. The van der Waals surface area contributed by atoms with Crippen molar-refractivity contribution in [2.75, 3.05) is 49.5 Å². The second-order valence-electron chi connectivity index (χ2n) is 7.62. The van der Waals surface area contributed by atoms with Crippen molar-refractivity contribution in [1.82, 2.24) is 10.2 Å². The minimum Gasteiger partial charge on any atom is -0.369 e. The summed E-state index contributed by atoms with van der Waals surface area (Å²) in [4.78, 5) is 28.9. The number of benzene rings is 2. The van der Waals surface area contributed by atoms with Gasteiger partial charge in [0.2, 0.25) is 0 Å². The fourth-order valence-electron chi connectivity index (χ4n) is 3.53. The summed E-state index contributed by atoms with van der Waals surface area (Å²) in [7, 11) is 0. The van der Waals surface area contributed by atoms with Crippen LogP contribution in [0.1, 0.15) is 17.5 Å². The summed E-state index contributed by atoms with van der Waals surface area (Å²) in [6, 6.07) is 13.6. The lowest BCUT2D eigenvalue weighted by atomic mass is 10.1. The number of nitrogens with zero attached hydrogens (tertiary/aromatic N) is 2. The van der Waals surface area contributed by atoms with E-state index in [0.717, 1.165) is 55.3 Å². The molecule has 0 bridgehead atoms. The maximum Gasteiger partial charge on any atom is 0.313 e. The van der Waals surface area contributed by atoms with E-state index >= 15 is 0 Å². The van der Waals surface area contributed by atoms with Crippen molar-refractivity contribution < 1.29 is 9.59 Å². The number of anilines is 2. The summed E-state index contributed by atoms with van der Waals surface area (Å²) in [6.45, 7) is 9.16. The summed E-state index contributed by atoms with van der Waals surface area (Å²) in [5.41, 5.74) is 3.91. The predicted octanol–water partition coefficient (Wildman–Crippen LogP) is 3.22. The predicted molar refractivity (Wildman–Crippen MR) is 122 cm³/mol. The first kappa shape index (κ1) is 22.1. The van der Waals surface area contributed by atoms with Gasteiger partial charge in [0.15, 0.2) is 0 Å². The van der Waals surface area contributed by atoms with Crippen LogP contribution in [0.25, 0.3) is 0 Å². The highest BCUT2D eigenvalue weighted by molar-refractivity contribution is 6.39. The quantitative estimate of drug-likeness (QED) is 0.547. The van der Waals surface area contributed by atoms with Crippen LogP contribution in [0.4, 0.5) is 11.4 Å². The Morgan fingerprint density at radius 2 is 1.67 bits per heavy atom. The van der Waals surface area contributed by atoms with Gasteiger partial charge in [-0.1, -0.05) is 23.7 Å². The molecule has 2 amide bonds. The molecule has 0 saturated carbocycles. The van der Waals surface area contributed by atoms with E-state index in [2.05, 4.69) is 32.6 Å². The largest absolute Gasteiger partial charge is 0.369 e. The first-order valence-corrected chi connectivity index (χ1v) is 10.7. The van der Waals surface area contributed by atoms with Gasteiger partial charge in [0, 0.05) is 49.1 Å². The topological polar surface area (TPSA) is 64.7 Å². The average Bonchev–Trinajstić information content (AvgIpc) is 2.75. The highest BCUT2D eigenvalue weighted by Gasteiger charge is 2.18. The fraction of sp³-hybridized carbons (Fsp3) is 0.391. The molecule has 1 aliphatic rings. The molecule has 0 radical (unpaired) electrons. The Kier molecular flexibility index (Phi) is 7.71. The van der Waals surface area contributed by atoms with Gasteiger partial charge >= 0.3 is 11.8 Å². The Hall–Kier alpha value is -2.57. The van der Waals surface area contributed by atoms with Crippen LogP contribution in [-0.2, 0) is 9.59 Å². The van der Waals surface area contributed by atoms with Crippen LogP contribution >= 0.6 is 11.6 Å². The molecule has 0 unspecified atom stereocenters. The Morgan fingerprint density at radius 1 is 0.967 bits per heavy atom. The summed E-state index contributed by atoms with van der Waals surface area (Å²) >= 11 is 5.96. The molecule has 2 N–H and O–H groups in total. The maximum atomic E-state index is 12.1. The van der Waals surface area contributed by atoms with E-state index in [4.69, 9.17) is 11.6 Å². The molecule has 2 aromatic rings. The second-order valence-corrected chi connectivity index (χ2v) is 8.05. The first-order chi connectivity index (χ1) is 14.4. The van der Waals surface area contributed by atoms with Gasteiger partial charge in [-0.25, -0.2) is 0 Å². The van der Waals surface area contributed by atoms with E-state index in [9.17, 15) is 9.59 Å². The van der Waals surface area contributed by atoms with Crippen molar-refractivity contribution in [3.8, 4) is 0 Å². The van der Waals surface area contributed by atoms with Gasteiger partial charge in [-0.2, -0.15) is 0 Å². The van der Waals surface area contributed by atoms with Gasteiger partial charge < -0.3 is 15.5 Å². The van der Waals surface area contributed by atoms with Crippen molar-refractivity contribution in [2.45, 2.75) is 20.3 Å². The van der Waals surface area contributed by atoms with Crippen molar-refractivity contribution >= 4 is 34.8 Å². The molecule has 160 valence electrons. The fourth-order valence-corrected chi connectivity index (χ4v) is 3.66. The lowest BCUT2D eigenvalue weighted by Crippen LogP contribution is -2.47. The van der Waals surface area contributed by atoms with E-state index in [1.165, 1.54) is 5.69 Å². The van der Waals surface area contributed by atoms with Gasteiger partial charge in [0.1, 0.15) is 0 Å². The average molecular weight is 429 g/mol. The zero-order valence-corrected chi connectivity index (χ0v) is 18.3. The zero-order valence-electron chi connectivity index (χ0n) is 17.6. The van der Waals surface area contributed by atoms with Crippen LogP contribution in [0.5, 0.6) is 0 Å². The molecule has 0 atom stereocenters. The lowest BCUT2D eigenvalue weighted by Gasteiger charge is -2.36. The molecular weight excluding hydrogens is 400 g/mol. The number of piperazine rings is 1. The molecule has 2 aromatic carbocycles. The molecule has 3 rings (SSSR count). The summed E-state index contributed by atoms with van der Waals surface area (Å²) in [5.74, 6) is -1.22. The van der Waals surface area contributed by atoms with Crippen LogP contribution in [0.2, 0.25) is 5.02 Å². The standard InChI is InChI=1S/C23H29ClN4O2/c1-17-5-3-6-21(18(17)2)26-23(30)22(29)25-11-4-12-27-13-15-28(16-14-27)20-9-7-19(24)8-10-20/h3,5-10H,4,11-16H2,1-2H3,(H,25,29)(H,26,30). The normalized spacial score (nSPS) is 14.4. The van der Waals surface area contributed by atoms with Crippen molar-refractivity contribution in [3.05, 3.63) is 58.6 Å². The lowest BCUT2D eigenvalue weighted by molar-refractivity contribution is -0.136. The number of nitrogens with one attached hydrogen (secondary N) is 2. The minimum absolute atomic E-state index is 0.483. The second kappa shape index (κ2) is 10.5. The molecule has 1 aliphatic heterocycles. The smallest absolute Gasteiger partial charge is 0.313 e. The molecule has 1 heterocycles. The molecule has 6 nitrogen and oxygen atoms in total. The van der Waals surface area contributed by atoms with Gasteiger partial charge in [-0.3, -0.25) is 14.5 Å². The monoisotopic (exact) mass is 428 g/mol. The molecule has 0 spiro atoms. The summed E-state index contributed by atoms with van der Waals surface area (Å²) < 4.78 is 0. The Labute approximate surface area is 183 Å². The number of amides is 2. The number of rotatable bonds is 6. The van der Waals surface area contributed by atoms with Crippen LogP contribution in [0.3, 0.4) is 0 Å². The molecule has 1 fully saturated rings. The van der Waals surface area contributed by atoms with E-state index < -0.39 is 11.8 Å². The van der Waals surface area contributed by atoms with Gasteiger partial charge in [-0.15, -0.1) is 0 Å². The molecule has 7 heteroatoms. The van der Waals surface area contributed by atoms with E-state index in [-0.39, 0.29) is 0 Å². The third-order valence-corrected chi connectivity index (χ3v) is 5.81. The number of aryl methyl sites for hydroxylation is 1. The third kappa shape index (κ3) is 5.97. The van der Waals surface area contributed by atoms with Crippen molar-refractivity contribution in [3.63, 3.8) is 0 Å². The van der Waals surface area contributed by atoms with E-state index in [1.807, 2.05) is 38.1 Å². The molecule has 1 saturated heterocycles. The van der Waals surface area contributed by atoms with Gasteiger partial charge in [0.05, 0.1) is 0 Å². The Balaban J connectivity index is 1.34. The highest BCUT2D eigenvalue weighted by Crippen LogP contribution is 2.19. The SMILES string of the molecule is Cc1cccc(NC(=O)C(=O)NCCCN2CCN(c3ccc(Cl)cc3)CC2)c1C. The minimum atomic E-state index is -0.625. The van der Waals surface area contributed by atoms with Crippen molar-refractivity contribution in [2.24, 2.45) is 0 Å². The first-order valence-electron chi connectivity index (χ1n) is 10.3. The molecular formula is C23H29ClN4O2. The third-order valence-electron chi connectivity index (χ3n) is 5.56. The number of carbonyl (C=O) groups excluding carboxylic acids is 2. The number of hydrogen-bond donors (Lipinski definition) is 2. The van der Waals surface area contributed by atoms with Crippen LogP contribution < -0.4 is 15.5 Å².